The summed E-state index contributed by atoms with van der Waals surface area (Å²) in [5.41, 5.74) is -0.118. The lowest BCUT2D eigenvalue weighted by molar-refractivity contribution is -0.384. The van der Waals surface area contributed by atoms with Crippen molar-refractivity contribution in [3.63, 3.8) is 0 Å². The van der Waals surface area contributed by atoms with E-state index < -0.39 is 16.7 Å². The number of carbonyl (C=O) groups excluding carboxylic acids is 2. The van der Waals surface area contributed by atoms with Gasteiger partial charge in [0.1, 0.15) is 27.9 Å². The summed E-state index contributed by atoms with van der Waals surface area (Å²) < 4.78 is 10.8. The third-order valence-electron chi connectivity index (χ3n) is 3.59. The number of benzene rings is 1. The molecule has 0 aliphatic carbocycles. The van der Waals surface area contributed by atoms with Gasteiger partial charge in [-0.05, 0) is 36.5 Å². The monoisotopic (exact) mass is 407 g/mol. The largest absolute Gasteiger partial charge is 0.496 e. The molecule has 0 saturated carbocycles. The van der Waals surface area contributed by atoms with Crippen LogP contribution >= 0.6 is 23.8 Å². The molecule has 2 amide bonds. The zero-order chi connectivity index (χ0) is 19.7. The van der Waals surface area contributed by atoms with Crippen LogP contribution in [0.3, 0.4) is 0 Å². The van der Waals surface area contributed by atoms with E-state index >= 15 is 0 Å². The second-order valence-corrected chi connectivity index (χ2v) is 6.07. The van der Waals surface area contributed by atoms with E-state index in [2.05, 4.69) is 10.6 Å². The topological polar surface area (TPSA) is 124 Å². The van der Waals surface area contributed by atoms with Crippen molar-refractivity contribution in [2.75, 3.05) is 7.11 Å². The normalized spacial score (nSPS) is 13.9. The Bertz CT molecular complexity index is 1010. The highest BCUT2D eigenvalue weighted by atomic mass is 35.5. The van der Waals surface area contributed by atoms with E-state index in [1.165, 1.54) is 31.4 Å². The van der Waals surface area contributed by atoms with E-state index in [9.17, 15) is 19.7 Å². The fourth-order valence-corrected chi connectivity index (χ4v) is 2.79. The molecule has 1 saturated heterocycles. The first kappa shape index (κ1) is 18.5. The molecule has 27 heavy (non-hydrogen) atoms. The number of nitrogens with zero attached hydrogens (tertiary/aromatic N) is 1. The summed E-state index contributed by atoms with van der Waals surface area (Å²) in [4.78, 5) is 34.1. The minimum absolute atomic E-state index is 0.0763. The van der Waals surface area contributed by atoms with Gasteiger partial charge in [0.05, 0.1) is 23.7 Å². The average Bonchev–Trinajstić information content (AvgIpc) is 3.06. The van der Waals surface area contributed by atoms with Gasteiger partial charge < -0.3 is 9.15 Å². The third-order valence-corrected chi connectivity index (χ3v) is 4.09. The number of amides is 2. The van der Waals surface area contributed by atoms with E-state index in [4.69, 9.17) is 33.0 Å². The van der Waals surface area contributed by atoms with Gasteiger partial charge in [0.25, 0.3) is 17.5 Å². The van der Waals surface area contributed by atoms with Crippen molar-refractivity contribution < 1.29 is 23.7 Å². The van der Waals surface area contributed by atoms with Gasteiger partial charge in [0, 0.05) is 0 Å². The zero-order valence-corrected chi connectivity index (χ0v) is 15.1. The molecule has 3 rings (SSSR count). The summed E-state index contributed by atoms with van der Waals surface area (Å²) in [5, 5.41) is 15.5. The minimum Gasteiger partial charge on any atom is -0.496 e. The molecule has 0 unspecified atom stereocenters. The first-order chi connectivity index (χ1) is 12.8. The summed E-state index contributed by atoms with van der Waals surface area (Å²) in [6.45, 7) is 0. The summed E-state index contributed by atoms with van der Waals surface area (Å²) in [5.74, 6) is -0.647. The fourth-order valence-electron chi connectivity index (χ4n) is 2.37. The van der Waals surface area contributed by atoms with Gasteiger partial charge in [0.2, 0.25) is 0 Å². The molecule has 0 bridgehead atoms. The first-order valence-electron chi connectivity index (χ1n) is 7.30. The number of nitro groups is 1. The molecule has 0 radical (unpaired) electrons. The second-order valence-electron chi connectivity index (χ2n) is 5.26. The van der Waals surface area contributed by atoms with Gasteiger partial charge in [-0.1, -0.05) is 11.6 Å². The molecular weight excluding hydrogens is 398 g/mol. The van der Waals surface area contributed by atoms with Gasteiger partial charge in [-0.2, -0.15) is 0 Å². The Labute approximate surface area is 162 Å². The summed E-state index contributed by atoms with van der Waals surface area (Å²) in [7, 11) is 1.35. The maximum atomic E-state index is 11.9. The molecule has 11 heteroatoms. The van der Waals surface area contributed by atoms with Gasteiger partial charge in [-0.25, -0.2) is 0 Å². The van der Waals surface area contributed by atoms with Crippen molar-refractivity contribution in [2.45, 2.75) is 0 Å². The third kappa shape index (κ3) is 3.66. The Morgan fingerprint density at radius 2 is 1.93 bits per heavy atom. The molecule has 1 aromatic carbocycles. The van der Waals surface area contributed by atoms with Crippen LogP contribution in [0.15, 0.2) is 34.3 Å². The van der Waals surface area contributed by atoms with Crippen LogP contribution in [0.4, 0.5) is 5.69 Å². The van der Waals surface area contributed by atoms with E-state index in [0.717, 1.165) is 0 Å². The number of rotatable bonds is 4. The van der Waals surface area contributed by atoms with Crippen LogP contribution in [0.25, 0.3) is 17.4 Å². The van der Waals surface area contributed by atoms with Gasteiger partial charge in [-0.15, -0.1) is 0 Å². The smallest absolute Gasteiger partial charge is 0.291 e. The van der Waals surface area contributed by atoms with Gasteiger partial charge in [-0.3, -0.25) is 30.3 Å². The molecule has 2 aromatic rings. The minimum atomic E-state index is -0.655. The molecule has 1 aliphatic heterocycles. The number of carbonyl (C=O) groups is 2. The number of hydrogen-bond acceptors (Lipinski definition) is 7. The fraction of sp³-hybridized carbons (Fsp3) is 0.0625. The van der Waals surface area contributed by atoms with Gasteiger partial charge >= 0.3 is 0 Å². The number of thiocarbonyl (C=S) groups is 1. The van der Waals surface area contributed by atoms with Crippen molar-refractivity contribution in [3.05, 3.63) is 50.7 Å². The molecule has 2 N–H and O–H groups in total. The van der Waals surface area contributed by atoms with Crippen LogP contribution in [0.2, 0.25) is 5.02 Å². The number of halogens is 1. The maximum absolute atomic E-state index is 11.9. The van der Waals surface area contributed by atoms with Crippen molar-refractivity contribution in [1.82, 2.24) is 10.6 Å². The zero-order valence-electron chi connectivity index (χ0n) is 13.6. The average molecular weight is 408 g/mol. The van der Waals surface area contributed by atoms with E-state index in [1.54, 1.807) is 6.07 Å². The highest BCUT2D eigenvalue weighted by Gasteiger charge is 2.26. The Hall–Kier alpha value is -3.24. The predicted octanol–water partition coefficient (Wildman–Crippen LogP) is 2.43. The number of furan rings is 1. The van der Waals surface area contributed by atoms with Crippen molar-refractivity contribution >= 4 is 52.5 Å². The molecule has 0 spiro atoms. The molecule has 0 atom stereocenters. The second kappa shape index (κ2) is 7.17. The lowest BCUT2D eigenvalue weighted by Gasteiger charge is -2.15. The lowest BCUT2D eigenvalue weighted by atomic mass is 10.1. The van der Waals surface area contributed by atoms with Crippen LogP contribution in [0, 0.1) is 10.1 Å². The van der Waals surface area contributed by atoms with Crippen LogP contribution in [-0.4, -0.2) is 29.0 Å². The Balaban J connectivity index is 1.99. The number of ether oxygens (including phenoxy) is 1. The number of methoxy groups -OCH3 is 1. The molecule has 9 nitrogen and oxygen atoms in total. The van der Waals surface area contributed by atoms with Crippen LogP contribution in [0.5, 0.6) is 5.75 Å². The van der Waals surface area contributed by atoms with E-state index in [0.29, 0.717) is 5.56 Å². The standard InChI is InChI=1S/C16H10ClN3O6S/c1-25-13-6-11(20(23)24)10(17)5-8(13)12-3-2-7(26-12)4-9-14(21)18-16(27)19-15(9)22/h2-6H,1H3,(H2,18,19,21,22,27). The van der Waals surface area contributed by atoms with E-state index in [-0.39, 0.29) is 38.7 Å². The molecular formula is C16H10ClN3O6S. The Kier molecular flexibility index (Phi) is 4.93. The highest BCUT2D eigenvalue weighted by molar-refractivity contribution is 7.80. The lowest BCUT2D eigenvalue weighted by Crippen LogP contribution is -2.51. The first-order valence-corrected chi connectivity index (χ1v) is 8.09. The number of nitro benzene ring substituents is 1. The van der Waals surface area contributed by atoms with Crippen molar-refractivity contribution in [3.8, 4) is 17.1 Å². The molecule has 1 aromatic heterocycles. The maximum Gasteiger partial charge on any atom is 0.291 e. The SMILES string of the molecule is COc1cc([N+](=O)[O-])c(Cl)cc1-c1ccc(C=C2C(=O)NC(=S)NC2=O)o1. The highest BCUT2D eigenvalue weighted by Crippen LogP contribution is 2.39. The van der Waals surface area contributed by atoms with Crippen LogP contribution < -0.4 is 15.4 Å². The van der Waals surface area contributed by atoms with Crippen LogP contribution in [0.1, 0.15) is 5.76 Å². The number of hydrogen-bond donors (Lipinski definition) is 2. The Morgan fingerprint density at radius 1 is 1.26 bits per heavy atom. The van der Waals surface area contributed by atoms with E-state index in [1.807, 2.05) is 0 Å². The van der Waals surface area contributed by atoms with Crippen molar-refractivity contribution in [2.24, 2.45) is 0 Å². The Morgan fingerprint density at radius 3 is 2.52 bits per heavy atom. The predicted molar refractivity (Wildman–Crippen MR) is 99.2 cm³/mol. The molecule has 1 aliphatic rings. The summed E-state index contributed by atoms with van der Waals surface area (Å²) in [6, 6.07) is 5.59. The molecule has 138 valence electrons. The van der Waals surface area contributed by atoms with Crippen LogP contribution in [-0.2, 0) is 9.59 Å². The van der Waals surface area contributed by atoms with Crippen molar-refractivity contribution in [1.29, 1.82) is 0 Å². The summed E-state index contributed by atoms with van der Waals surface area (Å²) >= 11 is 10.7. The summed E-state index contributed by atoms with van der Waals surface area (Å²) in [6.07, 6.45) is 1.25. The molecule has 2 heterocycles. The number of nitrogens with one attached hydrogen (secondary N) is 2. The van der Waals surface area contributed by atoms with Gasteiger partial charge in [0.15, 0.2) is 5.11 Å². The quantitative estimate of drug-likeness (QED) is 0.262. The molecule has 1 fully saturated rings.